The summed E-state index contributed by atoms with van der Waals surface area (Å²) in [6.07, 6.45) is 7.62. The SMILES string of the molecule is CC(C)(C)OC(=O)N1CC(C(=O)N2CCC(Cc3ccc4c(n3)CCCC4)CC2)C1. The van der Waals surface area contributed by atoms with Gasteiger partial charge in [-0.1, -0.05) is 6.07 Å². The number of carbonyl (C=O) groups excluding carboxylic acids is 2. The minimum Gasteiger partial charge on any atom is -0.444 e. The molecule has 6 nitrogen and oxygen atoms in total. The van der Waals surface area contributed by atoms with Crippen molar-refractivity contribution in [2.24, 2.45) is 11.8 Å². The van der Waals surface area contributed by atoms with E-state index in [1.807, 2.05) is 25.7 Å². The molecule has 0 saturated carbocycles. The predicted octanol–water partition coefficient (Wildman–Crippen LogP) is 3.61. The van der Waals surface area contributed by atoms with Crippen LogP contribution in [-0.2, 0) is 28.8 Å². The van der Waals surface area contributed by atoms with E-state index in [9.17, 15) is 9.59 Å². The van der Waals surface area contributed by atoms with Crippen LogP contribution in [-0.4, -0.2) is 58.6 Å². The molecule has 1 aromatic rings. The summed E-state index contributed by atoms with van der Waals surface area (Å²) in [5.41, 5.74) is 3.46. The maximum atomic E-state index is 12.8. The number of nitrogens with zero attached hydrogens (tertiary/aromatic N) is 3. The van der Waals surface area contributed by atoms with Crippen molar-refractivity contribution in [1.29, 1.82) is 0 Å². The molecule has 3 aliphatic rings. The Balaban J connectivity index is 1.21. The minimum atomic E-state index is -0.499. The second kappa shape index (κ2) is 8.56. The highest BCUT2D eigenvalue weighted by Gasteiger charge is 2.40. The summed E-state index contributed by atoms with van der Waals surface area (Å²) in [6.45, 7) is 8.17. The monoisotopic (exact) mass is 413 g/mol. The van der Waals surface area contributed by atoms with Gasteiger partial charge >= 0.3 is 6.09 Å². The molecule has 0 N–H and O–H groups in total. The summed E-state index contributed by atoms with van der Waals surface area (Å²) in [4.78, 5) is 33.4. The van der Waals surface area contributed by atoms with Gasteiger partial charge in [0.15, 0.2) is 0 Å². The van der Waals surface area contributed by atoms with Gasteiger partial charge in [0, 0.05) is 37.6 Å². The number of hydrogen-bond donors (Lipinski definition) is 0. The Morgan fingerprint density at radius 3 is 2.47 bits per heavy atom. The molecule has 164 valence electrons. The van der Waals surface area contributed by atoms with E-state index in [1.165, 1.54) is 36.2 Å². The van der Waals surface area contributed by atoms with Crippen molar-refractivity contribution >= 4 is 12.0 Å². The van der Waals surface area contributed by atoms with Crippen molar-refractivity contribution in [3.05, 3.63) is 29.1 Å². The molecule has 3 heterocycles. The zero-order valence-electron chi connectivity index (χ0n) is 18.7. The smallest absolute Gasteiger partial charge is 0.410 e. The van der Waals surface area contributed by atoms with Gasteiger partial charge in [0.1, 0.15) is 5.60 Å². The molecule has 2 saturated heterocycles. The number of pyridine rings is 1. The summed E-state index contributed by atoms with van der Waals surface area (Å²) in [5.74, 6) is 0.722. The number of ether oxygens (including phenoxy) is 1. The number of aryl methyl sites for hydroxylation is 2. The summed E-state index contributed by atoms with van der Waals surface area (Å²) in [6, 6.07) is 4.49. The number of piperidine rings is 1. The molecule has 2 amide bonds. The summed E-state index contributed by atoms with van der Waals surface area (Å²) in [7, 11) is 0. The summed E-state index contributed by atoms with van der Waals surface area (Å²) >= 11 is 0. The molecule has 2 aliphatic heterocycles. The Hall–Kier alpha value is -2.11. The van der Waals surface area contributed by atoms with Gasteiger partial charge in [-0.05, 0) is 83.3 Å². The number of hydrogen-bond acceptors (Lipinski definition) is 4. The molecule has 0 atom stereocenters. The predicted molar refractivity (Wildman–Crippen MR) is 115 cm³/mol. The Kier molecular flexibility index (Phi) is 6.03. The Bertz CT molecular complexity index is 787. The van der Waals surface area contributed by atoms with Crippen LogP contribution < -0.4 is 0 Å². The first-order valence-corrected chi connectivity index (χ1v) is 11.5. The fourth-order valence-electron chi connectivity index (χ4n) is 4.76. The largest absolute Gasteiger partial charge is 0.444 e. The third-order valence-electron chi connectivity index (χ3n) is 6.54. The Labute approximate surface area is 180 Å². The molecule has 2 fully saturated rings. The summed E-state index contributed by atoms with van der Waals surface area (Å²) in [5, 5.41) is 0. The molecule has 0 radical (unpaired) electrons. The maximum Gasteiger partial charge on any atom is 0.410 e. The van der Waals surface area contributed by atoms with Crippen molar-refractivity contribution in [3.8, 4) is 0 Å². The first-order valence-electron chi connectivity index (χ1n) is 11.5. The molecule has 6 heteroatoms. The van der Waals surface area contributed by atoms with Gasteiger partial charge in [0.25, 0.3) is 0 Å². The summed E-state index contributed by atoms with van der Waals surface area (Å²) < 4.78 is 5.38. The van der Waals surface area contributed by atoms with E-state index in [-0.39, 0.29) is 17.9 Å². The van der Waals surface area contributed by atoms with Gasteiger partial charge in [-0.2, -0.15) is 0 Å². The molecule has 0 spiro atoms. The Morgan fingerprint density at radius 2 is 1.77 bits per heavy atom. The van der Waals surface area contributed by atoms with Crippen LogP contribution >= 0.6 is 0 Å². The molecule has 4 rings (SSSR count). The lowest BCUT2D eigenvalue weighted by molar-refractivity contribution is -0.141. The number of rotatable bonds is 3. The van der Waals surface area contributed by atoms with Gasteiger partial charge in [0.2, 0.25) is 5.91 Å². The molecular weight excluding hydrogens is 378 g/mol. The topological polar surface area (TPSA) is 62.7 Å². The normalized spacial score (nSPS) is 20.5. The van der Waals surface area contributed by atoms with Gasteiger partial charge in [-0.15, -0.1) is 0 Å². The highest BCUT2D eigenvalue weighted by Crippen LogP contribution is 2.27. The molecule has 0 unspecified atom stereocenters. The van der Waals surface area contributed by atoms with E-state index in [0.29, 0.717) is 19.0 Å². The Morgan fingerprint density at radius 1 is 1.07 bits per heavy atom. The highest BCUT2D eigenvalue weighted by atomic mass is 16.6. The lowest BCUT2D eigenvalue weighted by Crippen LogP contribution is -2.58. The van der Waals surface area contributed by atoms with Gasteiger partial charge in [0.05, 0.1) is 5.92 Å². The van der Waals surface area contributed by atoms with E-state index >= 15 is 0 Å². The molecule has 1 aromatic heterocycles. The third kappa shape index (κ3) is 4.96. The van der Waals surface area contributed by atoms with Gasteiger partial charge in [-0.3, -0.25) is 9.78 Å². The van der Waals surface area contributed by atoms with Gasteiger partial charge in [-0.25, -0.2) is 4.79 Å². The first-order chi connectivity index (χ1) is 14.3. The molecule has 0 bridgehead atoms. The first kappa shape index (κ1) is 21.1. The lowest BCUT2D eigenvalue weighted by atomic mass is 9.89. The number of aromatic nitrogens is 1. The maximum absolute atomic E-state index is 12.8. The minimum absolute atomic E-state index is 0.0728. The van der Waals surface area contributed by atoms with Crippen LogP contribution in [0.2, 0.25) is 0 Å². The van der Waals surface area contributed by atoms with Crippen molar-refractivity contribution in [3.63, 3.8) is 0 Å². The second-order valence-electron chi connectivity index (χ2n) is 10.2. The average molecular weight is 414 g/mol. The van der Waals surface area contributed by atoms with E-state index in [1.54, 1.807) is 4.90 Å². The van der Waals surface area contributed by atoms with E-state index in [4.69, 9.17) is 9.72 Å². The standard InChI is InChI=1S/C24H35N3O3/c1-24(2,3)30-23(29)27-15-19(16-27)22(28)26-12-10-17(11-13-26)14-20-9-8-18-6-4-5-7-21(18)25-20/h8-9,17,19H,4-7,10-16H2,1-3H3. The van der Waals surface area contributed by atoms with E-state index in [2.05, 4.69) is 12.1 Å². The molecule has 1 aliphatic carbocycles. The van der Waals surface area contributed by atoms with E-state index in [0.717, 1.165) is 38.8 Å². The second-order valence-corrected chi connectivity index (χ2v) is 10.2. The number of likely N-dealkylation sites (tertiary alicyclic amines) is 2. The van der Waals surface area contributed by atoms with Crippen molar-refractivity contribution in [2.45, 2.75) is 71.3 Å². The number of amides is 2. The van der Waals surface area contributed by atoms with Crippen LogP contribution in [0.25, 0.3) is 0 Å². The molecular formula is C24H35N3O3. The zero-order chi connectivity index (χ0) is 21.3. The zero-order valence-corrected chi connectivity index (χ0v) is 18.7. The van der Waals surface area contributed by atoms with Crippen molar-refractivity contribution in [1.82, 2.24) is 14.8 Å². The average Bonchev–Trinajstić information content (AvgIpc) is 2.66. The van der Waals surface area contributed by atoms with E-state index < -0.39 is 5.60 Å². The third-order valence-corrected chi connectivity index (χ3v) is 6.54. The van der Waals surface area contributed by atoms with Crippen LogP contribution in [0.15, 0.2) is 12.1 Å². The molecule has 30 heavy (non-hydrogen) atoms. The molecule has 0 aromatic carbocycles. The highest BCUT2D eigenvalue weighted by molar-refractivity contribution is 5.82. The fraction of sp³-hybridized carbons (Fsp3) is 0.708. The number of carbonyl (C=O) groups is 2. The van der Waals surface area contributed by atoms with Crippen LogP contribution in [0.4, 0.5) is 4.79 Å². The van der Waals surface area contributed by atoms with Crippen LogP contribution in [0, 0.1) is 11.8 Å². The van der Waals surface area contributed by atoms with Crippen molar-refractivity contribution in [2.75, 3.05) is 26.2 Å². The number of fused-ring (bicyclic) bond motifs is 1. The lowest BCUT2D eigenvalue weighted by Gasteiger charge is -2.42. The van der Waals surface area contributed by atoms with Crippen LogP contribution in [0.5, 0.6) is 0 Å². The quantitative estimate of drug-likeness (QED) is 0.759. The van der Waals surface area contributed by atoms with Crippen molar-refractivity contribution < 1.29 is 14.3 Å². The van der Waals surface area contributed by atoms with Crippen LogP contribution in [0.1, 0.15) is 63.4 Å². The van der Waals surface area contributed by atoms with Crippen LogP contribution in [0.3, 0.4) is 0 Å². The van der Waals surface area contributed by atoms with Gasteiger partial charge < -0.3 is 14.5 Å². The fourth-order valence-corrected chi connectivity index (χ4v) is 4.76.